The summed E-state index contributed by atoms with van der Waals surface area (Å²) in [6.45, 7) is 8.59. The van der Waals surface area contributed by atoms with Crippen LogP contribution in [-0.2, 0) is 4.79 Å². The van der Waals surface area contributed by atoms with E-state index in [1.807, 2.05) is 11.8 Å². The molecule has 2 fully saturated rings. The molecule has 146 valence electrons. The van der Waals surface area contributed by atoms with Crippen molar-refractivity contribution in [2.45, 2.75) is 38.8 Å². The minimum atomic E-state index is -0.367. The Bertz CT molecular complexity index is 760. The number of hydrogen-bond acceptors (Lipinski definition) is 6. The highest BCUT2D eigenvalue weighted by Gasteiger charge is 2.37. The second-order valence-corrected chi connectivity index (χ2v) is 7.76. The van der Waals surface area contributed by atoms with Crippen molar-refractivity contribution in [2.75, 3.05) is 44.2 Å². The first-order chi connectivity index (χ1) is 12.9. The van der Waals surface area contributed by atoms with E-state index in [2.05, 4.69) is 9.80 Å². The SMILES string of the molecule is CC(=O)N1CCC(N2CCN3c4c(C)cc([N+](=O)[O-])cc4OC[C@@H]3C2)CC1. The van der Waals surface area contributed by atoms with Crippen LogP contribution < -0.4 is 9.64 Å². The van der Waals surface area contributed by atoms with Crippen molar-refractivity contribution >= 4 is 17.3 Å². The summed E-state index contributed by atoms with van der Waals surface area (Å²) in [6.07, 6.45) is 2.05. The van der Waals surface area contributed by atoms with Crippen LogP contribution >= 0.6 is 0 Å². The normalized spacial score (nSPS) is 23.4. The molecule has 27 heavy (non-hydrogen) atoms. The molecule has 2 saturated heterocycles. The van der Waals surface area contributed by atoms with Crippen molar-refractivity contribution in [3.8, 4) is 5.75 Å². The highest BCUT2D eigenvalue weighted by atomic mass is 16.6. The summed E-state index contributed by atoms with van der Waals surface area (Å²) < 4.78 is 5.92. The third kappa shape index (κ3) is 3.34. The number of piperidine rings is 1. The zero-order valence-electron chi connectivity index (χ0n) is 15.9. The van der Waals surface area contributed by atoms with Crippen molar-refractivity contribution in [3.05, 3.63) is 27.8 Å². The van der Waals surface area contributed by atoms with Crippen LogP contribution in [0.4, 0.5) is 11.4 Å². The second-order valence-electron chi connectivity index (χ2n) is 7.76. The fourth-order valence-electron chi connectivity index (χ4n) is 4.69. The summed E-state index contributed by atoms with van der Waals surface area (Å²) in [5.41, 5.74) is 1.98. The molecule has 3 aliphatic heterocycles. The van der Waals surface area contributed by atoms with E-state index in [1.165, 1.54) is 0 Å². The van der Waals surface area contributed by atoms with Gasteiger partial charge in [0.1, 0.15) is 12.4 Å². The summed E-state index contributed by atoms with van der Waals surface area (Å²) in [5.74, 6) is 0.793. The van der Waals surface area contributed by atoms with Gasteiger partial charge in [-0.2, -0.15) is 0 Å². The first-order valence-corrected chi connectivity index (χ1v) is 9.62. The molecule has 8 nitrogen and oxygen atoms in total. The molecule has 0 N–H and O–H groups in total. The number of aryl methyl sites for hydroxylation is 1. The molecule has 0 aliphatic carbocycles. The molecular weight excluding hydrogens is 348 g/mol. The predicted octanol–water partition coefficient (Wildman–Crippen LogP) is 1.80. The summed E-state index contributed by atoms with van der Waals surface area (Å²) in [5, 5.41) is 11.1. The molecule has 0 spiro atoms. The maximum Gasteiger partial charge on any atom is 0.273 e. The molecule has 0 unspecified atom stereocenters. The zero-order chi connectivity index (χ0) is 19.1. The Morgan fingerprint density at radius 1 is 1.19 bits per heavy atom. The molecule has 0 aromatic heterocycles. The van der Waals surface area contributed by atoms with Crippen LogP contribution in [0, 0.1) is 17.0 Å². The van der Waals surface area contributed by atoms with E-state index < -0.39 is 0 Å². The van der Waals surface area contributed by atoms with Crippen LogP contribution in [-0.4, -0.2) is 72.0 Å². The largest absolute Gasteiger partial charge is 0.489 e. The maximum atomic E-state index is 11.5. The van der Waals surface area contributed by atoms with E-state index in [0.29, 0.717) is 18.4 Å². The van der Waals surface area contributed by atoms with Gasteiger partial charge in [0.25, 0.3) is 5.69 Å². The van der Waals surface area contributed by atoms with Gasteiger partial charge in [-0.15, -0.1) is 0 Å². The third-order valence-corrected chi connectivity index (χ3v) is 6.12. The number of hydrogen-bond donors (Lipinski definition) is 0. The number of rotatable bonds is 2. The van der Waals surface area contributed by atoms with Crippen LogP contribution in [0.5, 0.6) is 5.75 Å². The first kappa shape index (κ1) is 18.0. The standard InChI is InChI=1S/C19H26N4O4/c1-13-9-16(23(25)26)10-18-19(13)22-8-7-21(11-17(22)12-27-18)15-3-5-20(6-4-15)14(2)24/h9-10,15,17H,3-8,11-12H2,1-2H3/t17-/m0/s1. The molecule has 1 atom stereocenters. The van der Waals surface area contributed by atoms with Crippen molar-refractivity contribution in [1.82, 2.24) is 9.80 Å². The molecule has 8 heteroatoms. The monoisotopic (exact) mass is 374 g/mol. The van der Waals surface area contributed by atoms with Gasteiger partial charge in [-0.05, 0) is 25.3 Å². The minimum absolute atomic E-state index is 0.0839. The number of nitro groups is 1. The second kappa shape index (κ2) is 6.99. The molecular formula is C19H26N4O4. The number of amides is 1. The molecule has 0 bridgehead atoms. The summed E-state index contributed by atoms with van der Waals surface area (Å²) in [7, 11) is 0. The highest BCUT2D eigenvalue weighted by Crippen LogP contribution is 2.41. The number of fused-ring (bicyclic) bond motifs is 3. The number of carbonyl (C=O) groups excluding carboxylic acids is 1. The average Bonchev–Trinajstić information content (AvgIpc) is 2.67. The number of benzene rings is 1. The van der Waals surface area contributed by atoms with Crippen molar-refractivity contribution in [2.24, 2.45) is 0 Å². The number of piperazine rings is 1. The summed E-state index contributed by atoms with van der Waals surface area (Å²) >= 11 is 0. The molecule has 0 radical (unpaired) electrons. The Labute approximate surface area is 158 Å². The molecule has 3 aliphatic rings. The van der Waals surface area contributed by atoms with Crippen LogP contribution in [0.25, 0.3) is 0 Å². The number of non-ortho nitro benzene ring substituents is 1. The van der Waals surface area contributed by atoms with Crippen LogP contribution in [0.2, 0.25) is 0 Å². The molecule has 0 saturated carbocycles. The lowest BCUT2D eigenvalue weighted by Crippen LogP contribution is -2.60. The molecule has 3 heterocycles. The topological polar surface area (TPSA) is 79.2 Å². The zero-order valence-corrected chi connectivity index (χ0v) is 15.9. The number of anilines is 1. The number of carbonyl (C=O) groups is 1. The fraction of sp³-hybridized carbons (Fsp3) is 0.632. The number of likely N-dealkylation sites (tertiary alicyclic amines) is 1. The Hall–Kier alpha value is -2.35. The molecule has 1 aromatic rings. The molecule has 4 rings (SSSR count). The van der Waals surface area contributed by atoms with E-state index in [1.54, 1.807) is 19.1 Å². The quantitative estimate of drug-likeness (QED) is 0.580. The van der Waals surface area contributed by atoms with E-state index in [0.717, 1.165) is 56.8 Å². The number of nitrogens with zero attached hydrogens (tertiary/aromatic N) is 4. The van der Waals surface area contributed by atoms with Gasteiger partial charge in [-0.3, -0.25) is 19.8 Å². The van der Waals surface area contributed by atoms with Gasteiger partial charge in [0.05, 0.1) is 22.7 Å². The van der Waals surface area contributed by atoms with E-state index in [4.69, 9.17) is 4.74 Å². The van der Waals surface area contributed by atoms with Crippen molar-refractivity contribution < 1.29 is 14.5 Å². The summed E-state index contributed by atoms with van der Waals surface area (Å²) in [6, 6.07) is 3.95. The smallest absolute Gasteiger partial charge is 0.273 e. The Kier molecular flexibility index (Phi) is 4.67. The van der Waals surface area contributed by atoms with Gasteiger partial charge in [0.2, 0.25) is 5.91 Å². The number of nitro benzene ring substituents is 1. The first-order valence-electron chi connectivity index (χ1n) is 9.62. The lowest BCUT2D eigenvalue weighted by molar-refractivity contribution is -0.385. The van der Waals surface area contributed by atoms with Gasteiger partial charge >= 0.3 is 0 Å². The average molecular weight is 374 g/mol. The number of ether oxygens (including phenoxy) is 1. The van der Waals surface area contributed by atoms with Crippen LogP contribution in [0.15, 0.2) is 12.1 Å². The summed E-state index contributed by atoms with van der Waals surface area (Å²) in [4.78, 5) is 29.1. The highest BCUT2D eigenvalue weighted by molar-refractivity contribution is 5.73. The van der Waals surface area contributed by atoms with Crippen LogP contribution in [0.3, 0.4) is 0 Å². The van der Waals surface area contributed by atoms with Crippen molar-refractivity contribution in [3.63, 3.8) is 0 Å². The predicted molar refractivity (Wildman–Crippen MR) is 101 cm³/mol. The third-order valence-electron chi connectivity index (χ3n) is 6.12. The van der Waals surface area contributed by atoms with Crippen molar-refractivity contribution in [1.29, 1.82) is 0 Å². The van der Waals surface area contributed by atoms with E-state index >= 15 is 0 Å². The van der Waals surface area contributed by atoms with Gasteiger partial charge in [0.15, 0.2) is 0 Å². The fourth-order valence-corrected chi connectivity index (χ4v) is 4.69. The Morgan fingerprint density at radius 3 is 2.59 bits per heavy atom. The lowest BCUT2D eigenvalue weighted by atomic mass is 9.99. The van der Waals surface area contributed by atoms with E-state index in [-0.39, 0.29) is 22.6 Å². The Balaban J connectivity index is 1.46. The minimum Gasteiger partial charge on any atom is -0.489 e. The van der Waals surface area contributed by atoms with Gasteiger partial charge in [-0.25, -0.2) is 0 Å². The Morgan fingerprint density at radius 2 is 1.93 bits per heavy atom. The van der Waals surface area contributed by atoms with Gasteiger partial charge in [-0.1, -0.05) is 0 Å². The molecule has 1 aromatic carbocycles. The molecule has 1 amide bonds. The maximum absolute atomic E-state index is 11.5. The van der Waals surface area contributed by atoms with E-state index in [9.17, 15) is 14.9 Å². The lowest BCUT2D eigenvalue weighted by Gasteiger charge is -2.49. The van der Waals surface area contributed by atoms with Crippen LogP contribution in [0.1, 0.15) is 25.3 Å². The van der Waals surface area contributed by atoms with Gasteiger partial charge in [0, 0.05) is 51.8 Å². The van der Waals surface area contributed by atoms with Gasteiger partial charge < -0.3 is 14.5 Å².